The van der Waals surface area contributed by atoms with Crippen molar-refractivity contribution in [1.29, 1.82) is 0 Å². The normalized spacial score (nSPS) is 15.5. The largest absolute Gasteiger partial charge is 0.366 e. The number of nitrogens with zero attached hydrogens (tertiary/aromatic N) is 3. The summed E-state index contributed by atoms with van der Waals surface area (Å²) in [6.45, 7) is 4.56. The molecule has 100 valence electrons. The van der Waals surface area contributed by atoms with Gasteiger partial charge in [-0.1, -0.05) is 24.9 Å². The van der Waals surface area contributed by atoms with Crippen LogP contribution in [0.15, 0.2) is 11.0 Å². The molecule has 5 nitrogen and oxygen atoms in total. The van der Waals surface area contributed by atoms with E-state index in [2.05, 4.69) is 17.3 Å². The molecular formula is C12H19ClN4O. The summed E-state index contributed by atoms with van der Waals surface area (Å²) in [5.41, 5.74) is 0.530. The van der Waals surface area contributed by atoms with Gasteiger partial charge in [0.2, 0.25) is 0 Å². The maximum Gasteiger partial charge on any atom is 0.287 e. The second kappa shape index (κ2) is 5.71. The first-order valence-electron chi connectivity index (χ1n) is 6.34. The molecule has 0 unspecified atom stereocenters. The molecule has 0 aromatic carbocycles. The van der Waals surface area contributed by atoms with Crippen LogP contribution in [0.4, 0.5) is 5.69 Å². The van der Waals surface area contributed by atoms with Crippen LogP contribution >= 0.6 is 11.6 Å². The third-order valence-corrected chi connectivity index (χ3v) is 3.73. The van der Waals surface area contributed by atoms with Gasteiger partial charge in [0.25, 0.3) is 5.56 Å². The third-order valence-electron chi connectivity index (χ3n) is 3.38. The van der Waals surface area contributed by atoms with E-state index in [0.29, 0.717) is 12.6 Å². The van der Waals surface area contributed by atoms with Crippen LogP contribution in [0.25, 0.3) is 0 Å². The number of aromatic nitrogens is 2. The van der Waals surface area contributed by atoms with Crippen LogP contribution in [0.5, 0.6) is 0 Å². The molecule has 1 aromatic heterocycles. The molecule has 6 heteroatoms. The number of hydrogen-bond acceptors (Lipinski definition) is 4. The van der Waals surface area contributed by atoms with Crippen LogP contribution in [-0.2, 0) is 6.54 Å². The maximum atomic E-state index is 12.1. The summed E-state index contributed by atoms with van der Waals surface area (Å²) in [4.78, 5) is 14.1. The molecule has 1 saturated heterocycles. The molecule has 1 fully saturated rings. The lowest BCUT2D eigenvalue weighted by molar-refractivity contribution is 0.427. The summed E-state index contributed by atoms with van der Waals surface area (Å²) in [6, 6.07) is 0.398. The minimum absolute atomic E-state index is 0.193. The number of rotatable bonds is 5. The van der Waals surface area contributed by atoms with E-state index in [-0.39, 0.29) is 10.6 Å². The first kappa shape index (κ1) is 13.4. The summed E-state index contributed by atoms with van der Waals surface area (Å²) >= 11 is 6.16. The van der Waals surface area contributed by atoms with E-state index in [1.165, 1.54) is 4.68 Å². The molecule has 1 N–H and O–H groups in total. The van der Waals surface area contributed by atoms with Crippen LogP contribution in [0.3, 0.4) is 0 Å². The SMILES string of the molecule is CCCCn1ncc(N(C)C2CNC2)c(Cl)c1=O. The summed E-state index contributed by atoms with van der Waals surface area (Å²) < 4.78 is 1.45. The van der Waals surface area contributed by atoms with Gasteiger partial charge in [0, 0.05) is 26.7 Å². The monoisotopic (exact) mass is 270 g/mol. The third kappa shape index (κ3) is 2.52. The molecule has 0 aliphatic carbocycles. The molecule has 0 saturated carbocycles. The molecule has 2 heterocycles. The number of halogens is 1. The molecule has 0 bridgehead atoms. The Labute approximate surface area is 112 Å². The highest BCUT2D eigenvalue weighted by Gasteiger charge is 2.24. The smallest absolute Gasteiger partial charge is 0.287 e. The molecule has 0 amide bonds. The van der Waals surface area contributed by atoms with Gasteiger partial charge in [0.1, 0.15) is 5.02 Å². The van der Waals surface area contributed by atoms with E-state index in [4.69, 9.17) is 11.6 Å². The van der Waals surface area contributed by atoms with Gasteiger partial charge in [0.05, 0.1) is 17.9 Å². The van der Waals surface area contributed by atoms with Crippen molar-refractivity contribution in [3.63, 3.8) is 0 Å². The highest BCUT2D eigenvalue weighted by atomic mass is 35.5. The Morgan fingerprint density at radius 1 is 1.61 bits per heavy atom. The fraction of sp³-hybridized carbons (Fsp3) is 0.667. The Morgan fingerprint density at radius 2 is 2.33 bits per heavy atom. The lowest BCUT2D eigenvalue weighted by atomic mass is 10.1. The molecule has 1 aliphatic rings. The predicted octanol–water partition coefficient (Wildman–Crippen LogP) is 1.10. The van der Waals surface area contributed by atoms with E-state index >= 15 is 0 Å². The average molecular weight is 271 g/mol. The Bertz CT molecular complexity index is 470. The number of aryl methyl sites for hydroxylation is 1. The van der Waals surface area contributed by atoms with Gasteiger partial charge in [0.15, 0.2) is 0 Å². The molecule has 1 aliphatic heterocycles. The summed E-state index contributed by atoms with van der Waals surface area (Å²) in [5.74, 6) is 0. The van der Waals surface area contributed by atoms with Gasteiger partial charge >= 0.3 is 0 Å². The van der Waals surface area contributed by atoms with Crippen molar-refractivity contribution < 1.29 is 0 Å². The van der Waals surface area contributed by atoms with E-state index in [0.717, 1.165) is 31.6 Å². The van der Waals surface area contributed by atoms with Gasteiger partial charge in [-0.3, -0.25) is 4.79 Å². The zero-order chi connectivity index (χ0) is 13.1. The first-order valence-corrected chi connectivity index (χ1v) is 6.72. The lowest BCUT2D eigenvalue weighted by Crippen LogP contribution is -2.56. The summed E-state index contributed by atoms with van der Waals surface area (Å²) in [5, 5.41) is 7.67. The fourth-order valence-electron chi connectivity index (χ4n) is 1.91. The van der Waals surface area contributed by atoms with Gasteiger partial charge < -0.3 is 10.2 Å². The summed E-state index contributed by atoms with van der Waals surface area (Å²) in [7, 11) is 1.95. The van der Waals surface area contributed by atoms with Crippen molar-refractivity contribution in [3.05, 3.63) is 21.6 Å². The molecule has 1 aromatic rings. The minimum atomic E-state index is -0.193. The zero-order valence-electron chi connectivity index (χ0n) is 10.8. The van der Waals surface area contributed by atoms with Crippen molar-refractivity contribution in [2.24, 2.45) is 0 Å². The Morgan fingerprint density at radius 3 is 2.89 bits per heavy atom. The van der Waals surface area contributed by atoms with Crippen LogP contribution in [0, 0.1) is 0 Å². The quantitative estimate of drug-likeness (QED) is 0.871. The maximum absolute atomic E-state index is 12.1. The molecule has 18 heavy (non-hydrogen) atoms. The topological polar surface area (TPSA) is 50.2 Å². The number of anilines is 1. The number of unbranched alkanes of at least 4 members (excludes halogenated alkanes) is 1. The number of hydrogen-bond donors (Lipinski definition) is 1. The van der Waals surface area contributed by atoms with E-state index in [1.54, 1.807) is 6.20 Å². The molecule has 2 rings (SSSR count). The van der Waals surface area contributed by atoms with Crippen LogP contribution < -0.4 is 15.8 Å². The standard InChI is InChI=1S/C12H19ClN4O/c1-3-4-5-17-12(18)11(13)10(8-15-17)16(2)9-6-14-7-9/h8-9,14H,3-7H2,1-2H3. The highest BCUT2D eigenvalue weighted by Crippen LogP contribution is 2.22. The molecule has 0 radical (unpaired) electrons. The Kier molecular flexibility index (Phi) is 4.24. The van der Waals surface area contributed by atoms with E-state index in [1.807, 2.05) is 11.9 Å². The highest BCUT2D eigenvalue weighted by molar-refractivity contribution is 6.33. The predicted molar refractivity (Wildman–Crippen MR) is 73.5 cm³/mol. The minimum Gasteiger partial charge on any atom is -0.366 e. The van der Waals surface area contributed by atoms with Crippen molar-refractivity contribution in [2.45, 2.75) is 32.4 Å². The first-order chi connectivity index (χ1) is 8.65. The molecule has 0 spiro atoms. The van der Waals surface area contributed by atoms with Gasteiger partial charge in [-0.05, 0) is 6.42 Å². The lowest BCUT2D eigenvalue weighted by Gasteiger charge is -2.37. The fourth-order valence-corrected chi connectivity index (χ4v) is 2.19. The number of likely N-dealkylation sites (N-methyl/N-ethyl adjacent to an activating group) is 1. The Balaban J connectivity index is 2.22. The van der Waals surface area contributed by atoms with Gasteiger partial charge in [-0.15, -0.1) is 0 Å². The Hall–Kier alpha value is -1.07. The van der Waals surface area contributed by atoms with Crippen LogP contribution in [0.1, 0.15) is 19.8 Å². The van der Waals surface area contributed by atoms with Gasteiger partial charge in [-0.25, -0.2) is 4.68 Å². The zero-order valence-corrected chi connectivity index (χ0v) is 11.6. The van der Waals surface area contributed by atoms with Crippen molar-refractivity contribution >= 4 is 17.3 Å². The molecular weight excluding hydrogens is 252 g/mol. The van der Waals surface area contributed by atoms with Crippen molar-refractivity contribution in [1.82, 2.24) is 15.1 Å². The van der Waals surface area contributed by atoms with Crippen molar-refractivity contribution in [3.8, 4) is 0 Å². The number of nitrogens with one attached hydrogen (secondary N) is 1. The second-order valence-corrected chi connectivity index (χ2v) is 5.03. The average Bonchev–Trinajstić information content (AvgIpc) is 2.28. The van der Waals surface area contributed by atoms with Crippen LogP contribution in [-0.4, -0.2) is 36.0 Å². The summed E-state index contributed by atoms with van der Waals surface area (Å²) in [6.07, 6.45) is 3.66. The molecule has 0 atom stereocenters. The van der Waals surface area contributed by atoms with E-state index < -0.39 is 0 Å². The van der Waals surface area contributed by atoms with E-state index in [9.17, 15) is 4.79 Å². The van der Waals surface area contributed by atoms with Crippen molar-refractivity contribution in [2.75, 3.05) is 25.0 Å². The van der Waals surface area contributed by atoms with Gasteiger partial charge in [-0.2, -0.15) is 5.10 Å². The van der Waals surface area contributed by atoms with Crippen LogP contribution in [0.2, 0.25) is 5.02 Å². The second-order valence-electron chi connectivity index (χ2n) is 4.65.